The number of carbonyl (C=O) groups excluding carboxylic acids is 1. The maximum Gasteiger partial charge on any atom is 0.266 e. The second kappa shape index (κ2) is 11.5. The fourth-order valence-electron chi connectivity index (χ4n) is 3.62. The van der Waals surface area contributed by atoms with Gasteiger partial charge in [0.1, 0.15) is 18.2 Å². The van der Waals surface area contributed by atoms with Crippen LogP contribution in [0.15, 0.2) is 64.6 Å². The van der Waals surface area contributed by atoms with Gasteiger partial charge in [-0.2, -0.15) is 5.26 Å². The van der Waals surface area contributed by atoms with Gasteiger partial charge in [-0.05, 0) is 90.7 Å². The Hall–Kier alpha value is -3.56. The molecular formula is C28H27BrN2O3. The van der Waals surface area contributed by atoms with Gasteiger partial charge < -0.3 is 14.8 Å². The van der Waals surface area contributed by atoms with Gasteiger partial charge in [-0.15, -0.1) is 0 Å². The van der Waals surface area contributed by atoms with Crippen molar-refractivity contribution < 1.29 is 14.3 Å². The SMILES string of the molecule is CCOc1cc(/C=C(\C#N)C(=O)Nc2cccc(C)c2)cc(Br)c1OCc1cc(C)cc(C)c1. The third-order valence-corrected chi connectivity index (χ3v) is 5.54. The number of carbonyl (C=O) groups is 1. The van der Waals surface area contributed by atoms with Crippen molar-refractivity contribution >= 4 is 33.6 Å². The molecule has 0 heterocycles. The predicted octanol–water partition coefficient (Wildman–Crippen LogP) is 6.90. The van der Waals surface area contributed by atoms with Gasteiger partial charge in [0.25, 0.3) is 5.91 Å². The fourth-order valence-corrected chi connectivity index (χ4v) is 4.19. The van der Waals surface area contributed by atoms with Gasteiger partial charge in [-0.3, -0.25) is 4.79 Å². The summed E-state index contributed by atoms with van der Waals surface area (Å²) in [5.74, 6) is 0.627. The van der Waals surface area contributed by atoms with Crippen LogP contribution in [-0.2, 0) is 11.4 Å². The Morgan fingerprint density at radius 1 is 1.03 bits per heavy atom. The zero-order valence-electron chi connectivity index (χ0n) is 19.7. The maximum absolute atomic E-state index is 12.7. The molecule has 34 heavy (non-hydrogen) atoms. The van der Waals surface area contributed by atoms with E-state index in [0.717, 1.165) is 11.1 Å². The second-order valence-electron chi connectivity index (χ2n) is 8.04. The molecule has 1 amide bonds. The molecule has 0 aromatic heterocycles. The van der Waals surface area contributed by atoms with Crippen molar-refractivity contribution in [2.75, 3.05) is 11.9 Å². The van der Waals surface area contributed by atoms with Crippen LogP contribution < -0.4 is 14.8 Å². The molecule has 3 aromatic carbocycles. The third kappa shape index (κ3) is 6.72. The largest absolute Gasteiger partial charge is 0.490 e. The molecule has 3 rings (SSSR count). The number of ether oxygens (including phenoxy) is 2. The van der Waals surface area contributed by atoms with E-state index in [0.29, 0.717) is 40.4 Å². The number of nitrogens with zero attached hydrogens (tertiary/aromatic N) is 1. The number of nitrogens with one attached hydrogen (secondary N) is 1. The summed E-state index contributed by atoms with van der Waals surface area (Å²) in [5, 5.41) is 12.4. The summed E-state index contributed by atoms with van der Waals surface area (Å²) >= 11 is 3.56. The van der Waals surface area contributed by atoms with Crippen LogP contribution in [0.4, 0.5) is 5.69 Å². The Morgan fingerprint density at radius 2 is 1.76 bits per heavy atom. The van der Waals surface area contributed by atoms with E-state index in [2.05, 4.69) is 53.3 Å². The number of amides is 1. The van der Waals surface area contributed by atoms with E-state index in [1.165, 1.54) is 17.2 Å². The Balaban J connectivity index is 1.86. The molecule has 0 unspecified atom stereocenters. The van der Waals surface area contributed by atoms with Crippen molar-refractivity contribution in [1.29, 1.82) is 5.26 Å². The predicted molar refractivity (Wildman–Crippen MR) is 139 cm³/mol. The van der Waals surface area contributed by atoms with Crippen molar-refractivity contribution in [3.05, 3.63) is 92.5 Å². The molecule has 0 spiro atoms. The summed E-state index contributed by atoms with van der Waals surface area (Å²) in [6.07, 6.45) is 1.53. The van der Waals surface area contributed by atoms with E-state index < -0.39 is 5.91 Å². The van der Waals surface area contributed by atoms with Gasteiger partial charge in [0, 0.05) is 5.69 Å². The van der Waals surface area contributed by atoms with Gasteiger partial charge in [-0.1, -0.05) is 41.5 Å². The number of benzene rings is 3. The normalized spacial score (nSPS) is 11.0. The van der Waals surface area contributed by atoms with Crippen LogP contribution in [0.5, 0.6) is 11.5 Å². The summed E-state index contributed by atoms with van der Waals surface area (Å²) in [7, 11) is 0. The molecule has 0 radical (unpaired) electrons. The Kier molecular flexibility index (Phi) is 8.50. The highest BCUT2D eigenvalue weighted by atomic mass is 79.9. The van der Waals surface area contributed by atoms with Crippen LogP contribution in [-0.4, -0.2) is 12.5 Å². The zero-order valence-corrected chi connectivity index (χ0v) is 21.3. The average Bonchev–Trinajstić information content (AvgIpc) is 2.76. The molecule has 1 N–H and O–H groups in total. The summed E-state index contributed by atoms with van der Waals surface area (Å²) in [6, 6.07) is 19.3. The number of hydrogen-bond acceptors (Lipinski definition) is 4. The number of aryl methyl sites for hydroxylation is 3. The maximum atomic E-state index is 12.7. The van der Waals surface area contributed by atoms with E-state index in [-0.39, 0.29) is 5.57 Å². The molecule has 0 saturated heterocycles. The molecule has 0 bridgehead atoms. The lowest BCUT2D eigenvalue weighted by Crippen LogP contribution is -2.13. The third-order valence-electron chi connectivity index (χ3n) is 4.95. The Morgan fingerprint density at radius 3 is 2.41 bits per heavy atom. The molecule has 0 aliphatic rings. The molecular weight excluding hydrogens is 492 g/mol. The number of hydrogen-bond donors (Lipinski definition) is 1. The average molecular weight is 519 g/mol. The molecule has 0 saturated carbocycles. The van der Waals surface area contributed by atoms with E-state index in [1.54, 1.807) is 18.2 Å². The number of anilines is 1. The highest BCUT2D eigenvalue weighted by molar-refractivity contribution is 9.10. The first-order chi connectivity index (χ1) is 16.3. The van der Waals surface area contributed by atoms with E-state index >= 15 is 0 Å². The van der Waals surface area contributed by atoms with Gasteiger partial charge >= 0.3 is 0 Å². The van der Waals surface area contributed by atoms with Crippen LogP contribution >= 0.6 is 15.9 Å². The number of rotatable bonds is 8. The van der Waals surface area contributed by atoms with E-state index in [1.807, 2.05) is 38.1 Å². The Labute approximate surface area is 209 Å². The minimum Gasteiger partial charge on any atom is -0.490 e. The minimum atomic E-state index is -0.475. The first-order valence-electron chi connectivity index (χ1n) is 10.9. The van der Waals surface area contributed by atoms with Crippen molar-refractivity contribution in [2.45, 2.75) is 34.3 Å². The molecule has 3 aromatic rings. The summed E-state index contributed by atoms with van der Waals surface area (Å²) < 4.78 is 12.6. The lowest BCUT2D eigenvalue weighted by molar-refractivity contribution is -0.112. The van der Waals surface area contributed by atoms with Crippen LogP contribution in [0.2, 0.25) is 0 Å². The second-order valence-corrected chi connectivity index (χ2v) is 8.90. The van der Waals surface area contributed by atoms with Crippen LogP contribution in [0.3, 0.4) is 0 Å². The molecule has 0 aliphatic carbocycles. The first-order valence-corrected chi connectivity index (χ1v) is 11.7. The standard InChI is InChI=1S/C28H27BrN2O3/c1-5-33-26-15-21(13-23(16-30)28(32)31-24-8-6-7-18(2)12-24)14-25(29)27(26)34-17-22-10-19(3)9-20(4)11-22/h6-15H,5,17H2,1-4H3,(H,31,32)/b23-13+. The van der Waals surface area contributed by atoms with Gasteiger partial charge in [-0.25, -0.2) is 0 Å². The first kappa shape index (κ1) is 25.1. The molecule has 5 nitrogen and oxygen atoms in total. The summed E-state index contributed by atoms with van der Waals surface area (Å²) in [4.78, 5) is 12.7. The smallest absolute Gasteiger partial charge is 0.266 e. The zero-order chi connectivity index (χ0) is 24.7. The molecule has 0 fully saturated rings. The van der Waals surface area contributed by atoms with Crippen molar-refractivity contribution in [1.82, 2.24) is 0 Å². The topological polar surface area (TPSA) is 71.3 Å². The van der Waals surface area contributed by atoms with E-state index in [9.17, 15) is 10.1 Å². The molecule has 6 heteroatoms. The van der Waals surface area contributed by atoms with Gasteiger partial charge in [0.05, 0.1) is 11.1 Å². The lowest BCUT2D eigenvalue weighted by Gasteiger charge is -2.15. The lowest BCUT2D eigenvalue weighted by atomic mass is 10.1. The highest BCUT2D eigenvalue weighted by Crippen LogP contribution is 2.38. The fraction of sp³-hybridized carbons (Fsp3) is 0.214. The van der Waals surface area contributed by atoms with E-state index in [4.69, 9.17) is 9.47 Å². The minimum absolute atomic E-state index is 0.0141. The summed E-state index contributed by atoms with van der Waals surface area (Å²) in [5.41, 5.74) is 5.70. The molecule has 0 atom stereocenters. The molecule has 174 valence electrons. The van der Waals surface area contributed by atoms with Crippen molar-refractivity contribution in [2.24, 2.45) is 0 Å². The Bertz CT molecular complexity index is 1250. The van der Waals surface area contributed by atoms with Crippen LogP contribution in [0.25, 0.3) is 6.08 Å². The number of nitriles is 1. The van der Waals surface area contributed by atoms with Gasteiger partial charge in [0.15, 0.2) is 11.5 Å². The monoisotopic (exact) mass is 518 g/mol. The van der Waals surface area contributed by atoms with Crippen LogP contribution in [0.1, 0.15) is 34.7 Å². The quantitative estimate of drug-likeness (QED) is 0.260. The van der Waals surface area contributed by atoms with Gasteiger partial charge in [0.2, 0.25) is 0 Å². The highest BCUT2D eigenvalue weighted by Gasteiger charge is 2.15. The summed E-state index contributed by atoms with van der Waals surface area (Å²) in [6.45, 7) is 8.77. The van der Waals surface area contributed by atoms with Crippen LogP contribution in [0, 0.1) is 32.1 Å². The van der Waals surface area contributed by atoms with Crippen molar-refractivity contribution in [3.63, 3.8) is 0 Å². The number of halogens is 1. The molecule has 0 aliphatic heterocycles. The van der Waals surface area contributed by atoms with Crippen molar-refractivity contribution in [3.8, 4) is 17.6 Å².